The average molecular weight is 267 g/mol. The molecule has 0 atom stereocenters. The second kappa shape index (κ2) is 7.69. The molecule has 2 nitrogen and oxygen atoms in total. The first-order valence-corrected chi connectivity index (χ1v) is 4.24. The van der Waals surface area contributed by atoms with Gasteiger partial charge in [-0.05, 0) is 11.6 Å². The first-order valence-electron chi connectivity index (χ1n) is 4.24. The first-order chi connectivity index (χ1) is 6.33. The third-order valence-electron chi connectivity index (χ3n) is 1.55. The molecule has 3 heteroatoms. The van der Waals surface area contributed by atoms with Crippen molar-refractivity contribution in [3.8, 4) is 0 Å². The van der Waals surface area contributed by atoms with Crippen LogP contribution in [-0.2, 0) is 35.7 Å². The van der Waals surface area contributed by atoms with Gasteiger partial charge in [0.1, 0.15) is 0 Å². The molecule has 0 amide bonds. The van der Waals surface area contributed by atoms with Gasteiger partial charge < -0.3 is 4.74 Å². The average Bonchev–Trinajstić information content (AvgIpc) is 2.19. The van der Waals surface area contributed by atoms with Gasteiger partial charge in [0.05, 0.1) is 6.26 Å². The third kappa shape index (κ3) is 5.13. The molecule has 1 rings (SSSR count). The van der Waals surface area contributed by atoms with Crippen molar-refractivity contribution in [3.63, 3.8) is 0 Å². The maximum absolute atomic E-state index is 10.7. The number of carbonyl (C=O) groups is 1. The van der Waals surface area contributed by atoms with E-state index in [4.69, 9.17) is 4.74 Å². The SMILES string of the molecule is CCC(=O)OC=Cc1ccccc1.[Zr]. The summed E-state index contributed by atoms with van der Waals surface area (Å²) < 4.78 is 4.78. The minimum atomic E-state index is -0.216. The van der Waals surface area contributed by atoms with E-state index in [-0.39, 0.29) is 32.2 Å². The minimum absolute atomic E-state index is 0. The summed E-state index contributed by atoms with van der Waals surface area (Å²) in [5.74, 6) is -0.216. The van der Waals surface area contributed by atoms with Crippen LogP contribution in [0.3, 0.4) is 0 Å². The zero-order chi connectivity index (χ0) is 9.52. The molecule has 1 aromatic carbocycles. The zero-order valence-electron chi connectivity index (χ0n) is 8.07. The fraction of sp³-hybridized carbons (Fsp3) is 0.182. The maximum Gasteiger partial charge on any atom is 0.310 e. The molecule has 0 bridgehead atoms. The second-order valence-electron chi connectivity index (χ2n) is 2.56. The van der Waals surface area contributed by atoms with Crippen LogP contribution in [0.15, 0.2) is 36.6 Å². The molecule has 0 heterocycles. The predicted molar refractivity (Wildman–Crippen MR) is 51.9 cm³/mol. The molecule has 1 aromatic rings. The van der Waals surface area contributed by atoms with Gasteiger partial charge in [0, 0.05) is 32.6 Å². The number of benzene rings is 1. The van der Waals surface area contributed by atoms with Crippen LogP contribution < -0.4 is 0 Å². The molecule has 0 N–H and O–H groups in total. The fourth-order valence-electron chi connectivity index (χ4n) is 0.836. The van der Waals surface area contributed by atoms with Gasteiger partial charge in [-0.2, -0.15) is 0 Å². The molecular weight excluding hydrogens is 255 g/mol. The van der Waals surface area contributed by atoms with E-state index in [0.29, 0.717) is 6.42 Å². The second-order valence-corrected chi connectivity index (χ2v) is 2.56. The Bertz CT molecular complexity index is 293. The summed E-state index contributed by atoms with van der Waals surface area (Å²) in [6.07, 6.45) is 3.58. The van der Waals surface area contributed by atoms with E-state index in [1.807, 2.05) is 30.3 Å². The number of hydrogen-bond acceptors (Lipinski definition) is 2. The molecule has 0 saturated carbocycles. The smallest absolute Gasteiger partial charge is 0.310 e. The largest absolute Gasteiger partial charge is 0.434 e. The summed E-state index contributed by atoms with van der Waals surface area (Å²) in [5, 5.41) is 0. The summed E-state index contributed by atoms with van der Waals surface area (Å²) in [5.41, 5.74) is 1.02. The van der Waals surface area contributed by atoms with Crippen molar-refractivity contribution < 1.29 is 35.7 Å². The van der Waals surface area contributed by atoms with Crippen molar-refractivity contribution in [3.05, 3.63) is 42.2 Å². The summed E-state index contributed by atoms with van der Waals surface area (Å²) in [6.45, 7) is 1.76. The van der Waals surface area contributed by atoms with Crippen molar-refractivity contribution in [2.24, 2.45) is 0 Å². The molecule has 72 valence electrons. The van der Waals surface area contributed by atoms with Crippen LogP contribution in [0.4, 0.5) is 0 Å². The predicted octanol–water partition coefficient (Wildman–Crippen LogP) is 2.61. The molecular formula is C11H12O2Zr. The van der Waals surface area contributed by atoms with Crippen LogP contribution in [0.2, 0.25) is 0 Å². The van der Waals surface area contributed by atoms with Gasteiger partial charge >= 0.3 is 5.97 Å². The quantitative estimate of drug-likeness (QED) is 0.621. The van der Waals surface area contributed by atoms with Crippen LogP contribution in [0.1, 0.15) is 18.9 Å². The van der Waals surface area contributed by atoms with E-state index in [1.165, 1.54) is 6.26 Å². The Morgan fingerprint density at radius 2 is 2.00 bits per heavy atom. The monoisotopic (exact) mass is 266 g/mol. The molecule has 0 aliphatic carbocycles. The van der Waals surface area contributed by atoms with Crippen molar-refractivity contribution >= 4 is 12.0 Å². The number of carbonyl (C=O) groups excluding carboxylic acids is 1. The Kier molecular flexibility index (Phi) is 7.32. The molecule has 0 aliphatic heterocycles. The molecule has 0 aliphatic rings. The summed E-state index contributed by atoms with van der Waals surface area (Å²) in [4.78, 5) is 10.7. The van der Waals surface area contributed by atoms with Crippen LogP contribution in [0.5, 0.6) is 0 Å². The summed E-state index contributed by atoms with van der Waals surface area (Å²) >= 11 is 0. The fourth-order valence-corrected chi connectivity index (χ4v) is 0.836. The van der Waals surface area contributed by atoms with Crippen LogP contribution in [0, 0.1) is 0 Å². The van der Waals surface area contributed by atoms with Crippen molar-refractivity contribution in [2.75, 3.05) is 0 Å². The first kappa shape index (κ1) is 13.3. The minimum Gasteiger partial charge on any atom is -0.434 e. The van der Waals surface area contributed by atoms with Gasteiger partial charge in [-0.3, -0.25) is 4.79 Å². The molecule has 0 radical (unpaired) electrons. The Morgan fingerprint density at radius 3 is 2.57 bits per heavy atom. The number of ether oxygens (including phenoxy) is 1. The standard InChI is InChI=1S/C11H12O2.Zr/c1-2-11(12)13-9-8-10-6-4-3-5-7-10;/h3-9H,2H2,1H3;. The van der Waals surface area contributed by atoms with E-state index in [2.05, 4.69) is 0 Å². The van der Waals surface area contributed by atoms with Gasteiger partial charge in [-0.25, -0.2) is 0 Å². The van der Waals surface area contributed by atoms with Gasteiger partial charge in [-0.1, -0.05) is 37.3 Å². The van der Waals surface area contributed by atoms with E-state index in [9.17, 15) is 4.79 Å². The van der Waals surface area contributed by atoms with Crippen molar-refractivity contribution in [1.29, 1.82) is 0 Å². The van der Waals surface area contributed by atoms with Gasteiger partial charge in [0.2, 0.25) is 0 Å². The van der Waals surface area contributed by atoms with Crippen LogP contribution in [0.25, 0.3) is 6.08 Å². The van der Waals surface area contributed by atoms with Crippen molar-refractivity contribution in [2.45, 2.75) is 13.3 Å². The molecule has 0 aromatic heterocycles. The zero-order valence-corrected chi connectivity index (χ0v) is 10.5. The van der Waals surface area contributed by atoms with Gasteiger partial charge in [0.25, 0.3) is 0 Å². The Balaban J connectivity index is 0.00000169. The summed E-state index contributed by atoms with van der Waals surface area (Å²) in [7, 11) is 0. The molecule has 0 unspecified atom stereocenters. The topological polar surface area (TPSA) is 26.3 Å². The maximum atomic E-state index is 10.7. The molecule has 0 saturated heterocycles. The normalized spacial score (nSPS) is 9.50. The Morgan fingerprint density at radius 1 is 1.36 bits per heavy atom. The van der Waals surface area contributed by atoms with Crippen LogP contribution in [-0.4, -0.2) is 5.97 Å². The number of rotatable bonds is 3. The van der Waals surface area contributed by atoms with E-state index in [1.54, 1.807) is 13.0 Å². The Labute approximate surface area is 103 Å². The van der Waals surface area contributed by atoms with E-state index in [0.717, 1.165) is 5.56 Å². The van der Waals surface area contributed by atoms with E-state index >= 15 is 0 Å². The molecule has 0 fully saturated rings. The molecule has 0 spiro atoms. The Hall–Kier alpha value is -0.687. The summed E-state index contributed by atoms with van der Waals surface area (Å²) in [6, 6.07) is 9.69. The van der Waals surface area contributed by atoms with Crippen LogP contribution >= 0.6 is 0 Å². The van der Waals surface area contributed by atoms with Gasteiger partial charge in [-0.15, -0.1) is 0 Å². The third-order valence-corrected chi connectivity index (χ3v) is 1.55. The van der Waals surface area contributed by atoms with Gasteiger partial charge in [0.15, 0.2) is 0 Å². The number of esters is 1. The molecule has 14 heavy (non-hydrogen) atoms. The van der Waals surface area contributed by atoms with E-state index < -0.39 is 0 Å². The van der Waals surface area contributed by atoms with Crippen molar-refractivity contribution in [1.82, 2.24) is 0 Å². The number of hydrogen-bond donors (Lipinski definition) is 0.